The third kappa shape index (κ3) is 6.53. The number of carbonyl (C=O) groups excluding carboxylic acids is 2. The second-order valence-electron chi connectivity index (χ2n) is 4.40. The molecule has 21 heavy (non-hydrogen) atoms. The first kappa shape index (κ1) is 16.6. The van der Waals surface area contributed by atoms with Gasteiger partial charge < -0.3 is 15.7 Å². The van der Waals surface area contributed by atoms with Crippen molar-refractivity contribution in [3.05, 3.63) is 35.9 Å². The van der Waals surface area contributed by atoms with Crippen molar-refractivity contribution >= 4 is 17.8 Å². The Morgan fingerprint density at radius 2 is 1.71 bits per heavy atom. The molecule has 0 aliphatic carbocycles. The van der Waals surface area contributed by atoms with E-state index < -0.39 is 12.0 Å². The van der Waals surface area contributed by atoms with Gasteiger partial charge in [0.2, 0.25) is 11.8 Å². The molecule has 7 nitrogen and oxygen atoms in total. The highest BCUT2D eigenvalue weighted by Gasteiger charge is 2.19. The lowest BCUT2D eigenvalue weighted by molar-refractivity contribution is -0.139. The van der Waals surface area contributed by atoms with Crippen LogP contribution in [0.5, 0.6) is 0 Å². The normalized spacial score (nSPS) is 11.5. The summed E-state index contributed by atoms with van der Waals surface area (Å²) in [6.07, 6.45) is 0. The van der Waals surface area contributed by atoms with Gasteiger partial charge in [-0.1, -0.05) is 30.3 Å². The van der Waals surface area contributed by atoms with Crippen LogP contribution in [0.1, 0.15) is 18.5 Å². The van der Waals surface area contributed by atoms with Crippen molar-refractivity contribution < 1.29 is 19.5 Å². The van der Waals surface area contributed by atoms with Crippen LogP contribution in [0.4, 0.5) is 0 Å². The summed E-state index contributed by atoms with van der Waals surface area (Å²) < 4.78 is 0. The molecule has 1 atom stereocenters. The molecule has 2 amide bonds. The van der Waals surface area contributed by atoms with Crippen LogP contribution >= 0.6 is 0 Å². The predicted molar refractivity (Wildman–Crippen MR) is 76.5 cm³/mol. The zero-order valence-electron chi connectivity index (χ0n) is 11.8. The highest BCUT2D eigenvalue weighted by molar-refractivity contribution is 5.80. The van der Waals surface area contributed by atoms with Crippen molar-refractivity contribution in [1.29, 1.82) is 0 Å². The van der Waals surface area contributed by atoms with Gasteiger partial charge in [-0.2, -0.15) is 0 Å². The summed E-state index contributed by atoms with van der Waals surface area (Å²) in [7, 11) is 0. The number of carboxylic acid groups (broad SMARTS) is 1. The first-order valence-corrected chi connectivity index (χ1v) is 6.53. The standard InChI is InChI=1S/C14H19N3O4/c1-10(18)15-7-8-16-12(19)9-17-13(14(20)21)11-5-3-2-4-6-11/h2-6,13,17H,7-9H2,1H3,(H,15,18)(H,16,19)(H,20,21). The first-order chi connectivity index (χ1) is 10.0. The van der Waals surface area contributed by atoms with E-state index in [0.717, 1.165) is 0 Å². The number of benzene rings is 1. The quantitative estimate of drug-likeness (QED) is 0.490. The number of carbonyl (C=O) groups is 3. The van der Waals surface area contributed by atoms with Crippen LogP contribution in [0.3, 0.4) is 0 Å². The van der Waals surface area contributed by atoms with Crippen molar-refractivity contribution in [3.8, 4) is 0 Å². The molecule has 114 valence electrons. The van der Waals surface area contributed by atoms with Gasteiger partial charge in [0.1, 0.15) is 6.04 Å². The summed E-state index contributed by atoms with van der Waals surface area (Å²) >= 11 is 0. The smallest absolute Gasteiger partial charge is 0.325 e. The highest BCUT2D eigenvalue weighted by Crippen LogP contribution is 2.11. The molecule has 4 N–H and O–H groups in total. The fraction of sp³-hybridized carbons (Fsp3) is 0.357. The Bertz CT molecular complexity index is 490. The molecule has 1 unspecified atom stereocenters. The van der Waals surface area contributed by atoms with Crippen LogP contribution in [-0.4, -0.2) is 42.5 Å². The maximum Gasteiger partial charge on any atom is 0.325 e. The van der Waals surface area contributed by atoms with Crippen molar-refractivity contribution in [2.24, 2.45) is 0 Å². The van der Waals surface area contributed by atoms with Crippen molar-refractivity contribution in [1.82, 2.24) is 16.0 Å². The summed E-state index contributed by atoms with van der Waals surface area (Å²) in [5.41, 5.74) is 0.580. The first-order valence-electron chi connectivity index (χ1n) is 6.53. The molecule has 0 aromatic heterocycles. The Morgan fingerprint density at radius 3 is 2.29 bits per heavy atom. The maximum absolute atomic E-state index is 11.6. The van der Waals surface area contributed by atoms with Crippen molar-refractivity contribution in [2.45, 2.75) is 13.0 Å². The minimum Gasteiger partial charge on any atom is -0.480 e. The van der Waals surface area contributed by atoms with Gasteiger partial charge in [-0.25, -0.2) is 0 Å². The summed E-state index contributed by atoms with van der Waals surface area (Å²) in [5, 5.41) is 17.0. The lowest BCUT2D eigenvalue weighted by atomic mass is 10.1. The Morgan fingerprint density at radius 1 is 1.10 bits per heavy atom. The second kappa shape index (κ2) is 8.70. The Hall–Kier alpha value is -2.41. The summed E-state index contributed by atoms with van der Waals surface area (Å²) in [6.45, 7) is 1.90. The van der Waals surface area contributed by atoms with E-state index in [1.807, 2.05) is 0 Å². The van der Waals surface area contributed by atoms with E-state index in [4.69, 9.17) is 0 Å². The molecule has 7 heteroatoms. The molecule has 0 saturated carbocycles. The van der Waals surface area contributed by atoms with Gasteiger partial charge in [-0.3, -0.25) is 19.7 Å². The summed E-state index contributed by atoms with van der Waals surface area (Å²) in [6, 6.07) is 7.69. The summed E-state index contributed by atoms with van der Waals surface area (Å²) in [4.78, 5) is 33.4. The number of hydrogen-bond acceptors (Lipinski definition) is 4. The third-order valence-corrected chi connectivity index (χ3v) is 2.67. The van der Waals surface area contributed by atoms with E-state index in [-0.39, 0.29) is 18.4 Å². The molecular weight excluding hydrogens is 274 g/mol. The number of rotatable bonds is 8. The Labute approximate surface area is 122 Å². The number of aliphatic carboxylic acids is 1. The van der Waals surface area contributed by atoms with E-state index in [1.54, 1.807) is 30.3 Å². The molecule has 0 radical (unpaired) electrons. The Balaban J connectivity index is 2.38. The van der Waals surface area contributed by atoms with Crippen LogP contribution in [0, 0.1) is 0 Å². The van der Waals surface area contributed by atoms with E-state index >= 15 is 0 Å². The Kier molecular flexibility index (Phi) is 6.90. The third-order valence-electron chi connectivity index (χ3n) is 2.67. The van der Waals surface area contributed by atoms with E-state index in [1.165, 1.54) is 6.92 Å². The van der Waals surface area contributed by atoms with E-state index in [2.05, 4.69) is 16.0 Å². The average Bonchev–Trinajstić information content (AvgIpc) is 2.44. The molecule has 1 aromatic carbocycles. The molecule has 0 saturated heterocycles. The fourth-order valence-corrected chi connectivity index (χ4v) is 1.69. The van der Waals surface area contributed by atoms with Gasteiger partial charge in [0.25, 0.3) is 0 Å². The zero-order valence-corrected chi connectivity index (χ0v) is 11.8. The SMILES string of the molecule is CC(=O)NCCNC(=O)CNC(C(=O)O)c1ccccc1. The minimum absolute atomic E-state index is 0.119. The molecule has 0 fully saturated rings. The highest BCUT2D eigenvalue weighted by atomic mass is 16.4. The van der Waals surface area contributed by atoms with Gasteiger partial charge >= 0.3 is 5.97 Å². The number of nitrogens with one attached hydrogen (secondary N) is 3. The van der Waals surface area contributed by atoms with E-state index in [0.29, 0.717) is 18.7 Å². The van der Waals surface area contributed by atoms with Crippen molar-refractivity contribution in [2.75, 3.05) is 19.6 Å². The number of hydrogen-bond donors (Lipinski definition) is 4. The zero-order chi connectivity index (χ0) is 15.7. The molecule has 1 aromatic rings. The van der Waals surface area contributed by atoms with Crippen LogP contribution in [0.25, 0.3) is 0 Å². The molecule has 0 aliphatic rings. The molecule has 0 spiro atoms. The van der Waals surface area contributed by atoms with Crippen LogP contribution in [0.15, 0.2) is 30.3 Å². The van der Waals surface area contributed by atoms with Crippen LogP contribution in [-0.2, 0) is 14.4 Å². The number of amides is 2. The summed E-state index contributed by atoms with van der Waals surface area (Å²) in [5.74, 6) is -1.55. The second-order valence-corrected chi connectivity index (χ2v) is 4.40. The minimum atomic E-state index is -1.05. The van der Waals surface area contributed by atoms with Crippen molar-refractivity contribution in [3.63, 3.8) is 0 Å². The van der Waals surface area contributed by atoms with Crippen LogP contribution in [0.2, 0.25) is 0 Å². The van der Waals surface area contributed by atoms with Gasteiger partial charge in [0.05, 0.1) is 6.54 Å². The monoisotopic (exact) mass is 293 g/mol. The molecule has 0 aliphatic heterocycles. The van der Waals surface area contributed by atoms with Crippen LogP contribution < -0.4 is 16.0 Å². The van der Waals surface area contributed by atoms with E-state index in [9.17, 15) is 19.5 Å². The lowest BCUT2D eigenvalue weighted by Crippen LogP contribution is -2.40. The molecule has 0 bridgehead atoms. The van der Waals surface area contributed by atoms with Gasteiger partial charge in [-0.15, -0.1) is 0 Å². The lowest BCUT2D eigenvalue weighted by Gasteiger charge is -2.14. The molecular formula is C14H19N3O4. The fourth-order valence-electron chi connectivity index (χ4n) is 1.69. The number of carboxylic acids is 1. The topological polar surface area (TPSA) is 108 Å². The van der Waals surface area contributed by atoms with Gasteiger partial charge in [0, 0.05) is 20.0 Å². The maximum atomic E-state index is 11.6. The van der Waals surface area contributed by atoms with Gasteiger partial charge in [0.15, 0.2) is 0 Å². The predicted octanol–water partition coefficient (Wildman–Crippen LogP) is -0.346. The van der Waals surface area contributed by atoms with Gasteiger partial charge in [-0.05, 0) is 5.56 Å². The molecule has 1 rings (SSSR count). The molecule has 0 heterocycles. The average molecular weight is 293 g/mol. The largest absolute Gasteiger partial charge is 0.480 e.